The van der Waals surface area contributed by atoms with Crippen molar-refractivity contribution in [2.75, 3.05) is 12.4 Å². The van der Waals surface area contributed by atoms with Crippen molar-refractivity contribution in [3.63, 3.8) is 0 Å². The Kier molecular flexibility index (Phi) is 3.62. The summed E-state index contributed by atoms with van der Waals surface area (Å²) < 4.78 is 7.14. The molecule has 1 aliphatic carbocycles. The van der Waals surface area contributed by atoms with Crippen molar-refractivity contribution >= 4 is 37.7 Å². The third-order valence-corrected chi connectivity index (χ3v) is 5.00. The van der Waals surface area contributed by atoms with Crippen molar-refractivity contribution in [2.24, 2.45) is 0 Å². The summed E-state index contributed by atoms with van der Waals surface area (Å²) in [4.78, 5) is 9.23. The van der Waals surface area contributed by atoms with E-state index in [1.54, 1.807) is 0 Å². The summed E-state index contributed by atoms with van der Waals surface area (Å²) in [5.74, 6) is 2.23. The molecule has 0 fully saturated rings. The van der Waals surface area contributed by atoms with Gasteiger partial charge in [-0.25, -0.2) is 9.97 Å². The molecule has 2 heterocycles. The summed E-state index contributed by atoms with van der Waals surface area (Å²) in [7, 11) is 1.90. The van der Waals surface area contributed by atoms with Crippen molar-refractivity contribution < 1.29 is 4.42 Å². The molecule has 2 aromatic rings. The largest absolute Gasteiger partial charge is 0.445 e. The Morgan fingerprint density at radius 1 is 1.21 bits per heavy atom. The predicted octanol–water partition coefficient (Wildman–Crippen LogP) is 4.18. The van der Waals surface area contributed by atoms with Gasteiger partial charge in [0.25, 0.3) is 0 Å². The van der Waals surface area contributed by atoms with E-state index < -0.39 is 0 Å². The number of anilines is 1. The first-order chi connectivity index (χ1) is 9.19. The average molecular weight is 387 g/mol. The summed E-state index contributed by atoms with van der Waals surface area (Å²) in [6, 6.07) is 1.88. The van der Waals surface area contributed by atoms with Crippen LogP contribution in [-0.2, 0) is 12.8 Å². The number of rotatable bonds is 2. The van der Waals surface area contributed by atoms with Crippen LogP contribution in [-0.4, -0.2) is 17.0 Å². The van der Waals surface area contributed by atoms with Crippen LogP contribution in [0, 0.1) is 0 Å². The fraction of sp³-hybridized carbons (Fsp3) is 0.385. The van der Waals surface area contributed by atoms with E-state index in [0.717, 1.165) is 28.8 Å². The van der Waals surface area contributed by atoms with Gasteiger partial charge in [0.15, 0.2) is 16.3 Å². The first-order valence-corrected chi connectivity index (χ1v) is 7.80. The number of fused-ring (bicyclic) bond motifs is 1. The maximum absolute atomic E-state index is 5.61. The van der Waals surface area contributed by atoms with E-state index in [4.69, 9.17) is 4.42 Å². The standard InChI is InChI=1S/C13H13Br2N3O/c1-16-12-7-4-2-3-5-9(7)17-13(18-12)10-6-8(14)11(15)19-10/h6H,2-5H2,1H3,(H,16,17,18). The fourth-order valence-corrected chi connectivity index (χ4v) is 2.95. The minimum absolute atomic E-state index is 0.636. The maximum Gasteiger partial charge on any atom is 0.197 e. The highest BCUT2D eigenvalue weighted by Gasteiger charge is 2.19. The number of aromatic nitrogens is 2. The van der Waals surface area contributed by atoms with Crippen LogP contribution in [0.25, 0.3) is 11.6 Å². The highest BCUT2D eigenvalue weighted by atomic mass is 79.9. The highest BCUT2D eigenvalue weighted by molar-refractivity contribution is 9.13. The van der Waals surface area contributed by atoms with Gasteiger partial charge in [0.1, 0.15) is 5.82 Å². The van der Waals surface area contributed by atoms with Crippen LogP contribution < -0.4 is 5.32 Å². The Hall–Kier alpha value is -0.880. The number of furan rings is 1. The number of aryl methyl sites for hydroxylation is 1. The highest BCUT2D eigenvalue weighted by Crippen LogP contribution is 2.33. The zero-order chi connectivity index (χ0) is 13.4. The van der Waals surface area contributed by atoms with Crippen molar-refractivity contribution in [2.45, 2.75) is 25.7 Å². The molecule has 0 amide bonds. The molecule has 2 aromatic heterocycles. The molecule has 100 valence electrons. The number of nitrogens with one attached hydrogen (secondary N) is 1. The predicted molar refractivity (Wildman–Crippen MR) is 81.3 cm³/mol. The van der Waals surface area contributed by atoms with Crippen molar-refractivity contribution in [1.82, 2.24) is 9.97 Å². The van der Waals surface area contributed by atoms with Gasteiger partial charge in [0.05, 0.1) is 4.47 Å². The van der Waals surface area contributed by atoms with Gasteiger partial charge in [-0.1, -0.05) is 0 Å². The summed E-state index contributed by atoms with van der Waals surface area (Å²) in [6.07, 6.45) is 4.47. The minimum atomic E-state index is 0.636. The third kappa shape index (κ3) is 2.43. The zero-order valence-electron chi connectivity index (χ0n) is 10.5. The Bertz CT molecular complexity index is 588. The molecule has 0 saturated carbocycles. The van der Waals surface area contributed by atoms with Gasteiger partial charge in [-0.2, -0.15) is 0 Å². The first kappa shape index (κ1) is 13.1. The molecule has 1 aliphatic rings. The van der Waals surface area contributed by atoms with Gasteiger partial charge >= 0.3 is 0 Å². The molecule has 0 spiro atoms. The molecule has 3 rings (SSSR count). The first-order valence-electron chi connectivity index (χ1n) is 6.22. The van der Waals surface area contributed by atoms with E-state index in [1.165, 1.54) is 18.4 Å². The minimum Gasteiger partial charge on any atom is -0.445 e. The SMILES string of the molecule is CNc1nc(-c2cc(Br)c(Br)o2)nc2c1CCCC2. The Labute approximate surface area is 128 Å². The van der Waals surface area contributed by atoms with Gasteiger partial charge in [-0.05, 0) is 57.5 Å². The Morgan fingerprint density at radius 2 is 2.00 bits per heavy atom. The summed E-state index contributed by atoms with van der Waals surface area (Å²) >= 11 is 6.75. The van der Waals surface area contributed by atoms with Crippen LogP contribution in [0.3, 0.4) is 0 Å². The molecule has 0 aromatic carbocycles. The molecule has 6 heteroatoms. The van der Waals surface area contributed by atoms with E-state index in [0.29, 0.717) is 16.3 Å². The fourth-order valence-electron chi connectivity index (χ4n) is 2.37. The van der Waals surface area contributed by atoms with E-state index in [2.05, 4.69) is 47.1 Å². The Balaban J connectivity index is 2.11. The van der Waals surface area contributed by atoms with E-state index in [9.17, 15) is 0 Å². The monoisotopic (exact) mass is 385 g/mol. The number of halogens is 2. The van der Waals surface area contributed by atoms with Crippen LogP contribution in [0.4, 0.5) is 5.82 Å². The number of nitrogens with zero attached hydrogens (tertiary/aromatic N) is 2. The lowest BCUT2D eigenvalue weighted by Gasteiger charge is -2.18. The molecule has 0 aliphatic heterocycles. The molecule has 19 heavy (non-hydrogen) atoms. The van der Waals surface area contributed by atoms with Gasteiger partial charge in [0.2, 0.25) is 0 Å². The van der Waals surface area contributed by atoms with Crippen LogP contribution in [0.5, 0.6) is 0 Å². The second-order valence-corrected chi connectivity index (χ2v) is 6.09. The van der Waals surface area contributed by atoms with Crippen LogP contribution in [0.1, 0.15) is 24.1 Å². The van der Waals surface area contributed by atoms with Crippen molar-refractivity contribution in [3.05, 3.63) is 26.5 Å². The molecule has 0 radical (unpaired) electrons. The normalized spacial score (nSPS) is 14.3. The molecule has 1 N–H and O–H groups in total. The van der Waals surface area contributed by atoms with Gasteiger partial charge in [0, 0.05) is 24.4 Å². The molecule has 0 bridgehead atoms. The lowest BCUT2D eigenvalue weighted by molar-refractivity contribution is 0.548. The van der Waals surface area contributed by atoms with Crippen LogP contribution in [0.15, 0.2) is 19.6 Å². The number of hydrogen-bond donors (Lipinski definition) is 1. The van der Waals surface area contributed by atoms with Gasteiger partial charge in [-0.3, -0.25) is 0 Å². The van der Waals surface area contributed by atoms with Gasteiger partial charge < -0.3 is 9.73 Å². The molecule has 0 saturated heterocycles. The summed E-state index contributed by atoms with van der Waals surface area (Å²) in [5.41, 5.74) is 2.39. The van der Waals surface area contributed by atoms with E-state index in [-0.39, 0.29) is 0 Å². The second kappa shape index (κ2) is 5.25. The topological polar surface area (TPSA) is 51.0 Å². The van der Waals surface area contributed by atoms with E-state index >= 15 is 0 Å². The average Bonchev–Trinajstić information content (AvgIpc) is 2.77. The molecule has 0 unspecified atom stereocenters. The molecule has 4 nitrogen and oxygen atoms in total. The molecular formula is C13H13Br2N3O. The third-order valence-electron chi connectivity index (χ3n) is 3.29. The van der Waals surface area contributed by atoms with Crippen molar-refractivity contribution in [3.8, 4) is 11.6 Å². The second-order valence-electron chi connectivity index (χ2n) is 4.51. The quantitative estimate of drug-likeness (QED) is 0.840. The summed E-state index contributed by atoms with van der Waals surface area (Å²) in [6.45, 7) is 0. The van der Waals surface area contributed by atoms with Crippen LogP contribution in [0.2, 0.25) is 0 Å². The lowest BCUT2D eigenvalue weighted by atomic mass is 9.96. The van der Waals surface area contributed by atoms with Crippen molar-refractivity contribution in [1.29, 1.82) is 0 Å². The zero-order valence-corrected chi connectivity index (χ0v) is 13.6. The summed E-state index contributed by atoms with van der Waals surface area (Å²) in [5, 5.41) is 3.17. The molecular weight excluding hydrogens is 374 g/mol. The Morgan fingerprint density at radius 3 is 2.68 bits per heavy atom. The smallest absolute Gasteiger partial charge is 0.197 e. The van der Waals surface area contributed by atoms with E-state index in [1.807, 2.05) is 13.1 Å². The maximum atomic E-state index is 5.61. The number of hydrogen-bond acceptors (Lipinski definition) is 4. The van der Waals surface area contributed by atoms with Gasteiger partial charge in [-0.15, -0.1) is 0 Å². The molecule has 0 atom stereocenters. The lowest BCUT2D eigenvalue weighted by Crippen LogP contribution is -2.11. The van der Waals surface area contributed by atoms with Crippen LogP contribution >= 0.6 is 31.9 Å².